The summed E-state index contributed by atoms with van der Waals surface area (Å²) in [5, 5.41) is 0.489. The minimum absolute atomic E-state index is 0.0346. The quantitative estimate of drug-likeness (QED) is 0.592. The average molecular weight is 237 g/mol. The molecule has 0 aromatic heterocycles. The van der Waals surface area contributed by atoms with Crippen molar-refractivity contribution in [2.24, 2.45) is 0 Å². The van der Waals surface area contributed by atoms with Crippen LogP contribution in [-0.4, -0.2) is 12.4 Å². The van der Waals surface area contributed by atoms with Gasteiger partial charge < -0.3 is 4.74 Å². The number of benzene rings is 1. The summed E-state index contributed by atoms with van der Waals surface area (Å²) in [6, 6.07) is 5.19. The van der Waals surface area contributed by atoms with Crippen molar-refractivity contribution in [1.82, 2.24) is 0 Å². The molecule has 0 fully saturated rings. The smallest absolute Gasteiger partial charge is 0.153 e. The van der Waals surface area contributed by atoms with Crippen molar-refractivity contribution in [2.75, 3.05) is 0 Å². The molecule has 2 nitrogen and oxygen atoms in total. The molecule has 1 atom stereocenters. The van der Waals surface area contributed by atoms with Crippen LogP contribution in [0, 0.1) is 0 Å². The zero-order valence-electron chi connectivity index (χ0n) is 8.86. The number of hydrogen-bond acceptors (Lipinski definition) is 2. The summed E-state index contributed by atoms with van der Waals surface area (Å²) in [4.78, 5) is 10.9. The van der Waals surface area contributed by atoms with Gasteiger partial charge in [-0.05, 0) is 37.5 Å². The van der Waals surface area contributed by atoms with Gasteiger partial charge in [0.05, 0.1) is 10.6 Å². The molecule has 0 saturated heterocycles. The minimum atomic E-state index is 0.0346. The number of carbonyl (C=O) groups excluding carboxylic acids is 1. The lowest BCUT2D eigenvalue weighted by Crippen LogP contribution is -2.16. The molecule has 84 valence electrons. The molecule has 1 aromatic carbocycles. The molecule has 1 aliphatic carbocycles. The van der Waals surface area contributed by atoms with Gasteiger partial charge in [0.2, 0.25) is 0 Å². The van der Waals surface area contributed by atoms with E-state index in [0.717, 1.165) is 25.5 Å². The minimum Gasteiger partial charge on any atom is -0.484 e. The molecule has 0 amide bonds. The lowest BCUT2D eigenvalue weighted by atomic mass is 10.1. The zero-order valence-corrected chi connectivity index (χ0v) is 9.61. The molecule has 1 aliphatic rings. The van der Waals surface area contributed by atoms with Gasteiger partial charge in [-0.2, -0.15) is 0 Å². The van der Waals surface area contributed by atoms with E-state index in [-0.39, 0.29) is 6.10 Å². The highest BCUT2D eigenvalue weighted by molar-refractivity contribution is 6.32. The van der Waals surface area contributed by atoms with Crippen molar-refractivity contribution in [2.45, 2.75) is 25.4 Å². The van der Waals surface area contributed by atoms with Crippen LogP contribution in [0.5, 0.6) is 5.75 Å². The molecular formula is C13H13ClO2. The third-order valence-electron chi connectivity index (χ3n) is 2.60. The summed E-state index contributed by atoms with van der Waals surface area (Å²) in [6.07, 6.45) is 8.12. The van der Waals surface area contributed by atoms with Gasteiger partial charge in [-0.3, -0.25) is 4.79 Å². The number of hydrogen-bond donors (Lipinski definition) is 0. The maximum Gasteiger partial charge on any atom is 0.153 e. The van der Waals surface area contributed by atoms with Crippen LogP contribution >= 0.6 is 11.6 Å². The molecule has 0 saturated carbocycles. The second-order valence-corrected chi connectivity index (χ2v) is 4.20. The molecule has 3 heteroatoms. The van der Waals surface area contributed by atoms with Gasteiger partial charge in [0.1, 0.15) is 11.9 Å². The van der Waals surface area contributed by atoms with Crippen molar-refractivity contribution in [3.63, 3.8) is 0 Å². The molecule has 1 aromatic rings. The van der Waals surface area contributed by atoms with E-state index >= 15 is 0 Å². The lowest BCUT2D eigenvalue weighted by Gasteiger charge is -2.20. The summed E-state index contributed by atoms with van der Waals surface area (Å²) in [5.41, 5.74) is 0.506. The predicted molar refractivity (Wildman–Crippen MR) is 64.2 cm³/mol. The molecular weight excluding hydrogens is 224 g/mol. The van der Waals surface area contributed by atoms with E-state index in [1.165, 1.54) is 0 Å². The standard InChI is InChI=1S/C13H13ClO2/c14-12-8-4-5-10(9-15)13(12)16-11-6-2-1-3-7-11/h2,4-6,8-9,11H,1,3,7H2. The maximum absolute atomic E-state index is 10.9. The fourth-order valence-electron chi connectivity index (χ4n) is 1.77. The number of ether oxygens (including phenoxy) is 1. The summed E-state index contributed by atoms with van der Waals surface area (Å²) in [7, 11) is 0. The first-order chi connectivity index (χ1) is 7.81. The van der Waals surface area contributed by atoms with Gasteiger partial charge in [0, 0.05) is 0 Å². The van der Waals surface area contributed by atoms with Crippen molar-refractivity contribution < 1.29 is 9.53 Å². The van der Waals surface area contributed by atoms with Crippen molar-refractivity contribution >= 4 is 17.9 Å². The molecule has 1 unspecified atom stereocenters. The van der Waals surface area contributed by atoms with Gasteiger partial charge in [-0.15, -0.1) is 0 Å². The van der Waals surface area contributed by atoms with E-state index in [9.17, 15) is 4.79 Å². The number of halogens is 1. The fourth-order valence-corrected chi connectivity index (χ4v) is 2.00. The third-order valence-corrected chi connectivity index (χ3v) is 2.90. The van der Waals surface area contributed by atoms with Gasteiger partial charge in [0.15, 0.2) is 6.29 Å². The number of allylic oxidation sites excluding steroid dienone is 1. The first-order valence-corrected chi connectivity index (χ1v) is 5.76. The van der Waals surface area contributed by atoms with Crippen LogP contribution in [-0.2, 0) is 0 Å². The number of aldehydes is 1. The van der Waals surface area contributed by atoms with Crippen LogP contribution in [0.2, 0.25) is 5.02 Å². The number of carbonyl (C=O) groups is 1. The Bertz CT molecular complexity index is 412. The highest BCUT2D eigenvalue weighted by Crippen LogP contribution is 2.30. The van der Waals surface area contributed by atoms with Gasteiger partial charge in [-0.1, -0.05) is 23.7 Å². The third kappa shape index (κ3) is 2.45. The van der Waals surface area contributed by atoms with E-state index in [0.29, 0.717) is 16.3 Å². The molecule has 0 radical (unpaired) electrons. The maximum atomic E-state index is 10.9. The van der Waals surface area contributed by atoms with Crippen LogP contribution in [0.3, 0.4) is 0 Å². The van der Waals surface area contributed by atoms with Gasteiger partial charge in [-0.25, -0.2) is 0 Å². The second-order valence-electron chi connectivity index (χ2n) is 3.79. The summed E-state index contributed by atoms with van der Waals surface area (Å²) >= 11 is 6.02. The monoisotopic (exact) mass is 236 g/mol. The van der Waals surface area contributed by atoms with E-state index in [2.05, 4.69) is 6.08 Å². The van der Waals surface area contributed by atoms with Crippen molar-refractivity contribution in [3.05, 3.63) is 40.9 Å². The zero-order chi connectivity index (χ0) is 11.4. The van der Waals surface area contributed by atoms with Crippen molar-refractivity contribution in [3.8, 4) is 5.75 Å². The first-order valence-electron chi connectivity index (χ1n) is 5.38. The molecule has 0 spiro atoms. The number of para-hydroxylation sites is 1. The highest BCUT2D eigenvalue weighted by atomic mass is 35.5. The lowest BCUT2D eigenvalue weighted by molar-refractivity contribution is 0.111. The first kappa shape index (κ1) is 11.2. The Morgan fingerprint density at radius 1 is 1.44 bits per heavy atom. The predicted octanol–water partition coefficient (Wildman–Crippen LogP) is 3.64. The Hall–Kier alpha value is -1.28. The topological polar surface area (TPSA) is 26.3 Å². The Labute approximate surface area is 99.9 Å². The summed E-state index contributed by atoms with van der Waals surface area (Å²) in [5.74, 6) is 0.496. The van der Waals surface area contributed by atoms with Crippen LogP contribution in [0.1, 0.15) is 29.6 Å². The summed E-state index contributed by atoms with van der Waals surface area (Å²) < 4.78 is 5.76. The van der Waals surface area contributed by atoms with Crippen LogP contribution < -0.4 is 4.74 Å². The Balaban J connectivity index is 2.22. The van der Waals surface area contributed by atoms with E-state index in [1.807, 2.05) is 6.08 Å². The van der Waals surface area contributed by atoms with Crippen LogP contribution in [0.25, 0.3) is 0 Å². The van der Waals surface area contributed by atoms with Crippen LogP contribution in [0.4, 0.5) is 0 Å². The molecule has 16 heavy (non-hydrogen) atoms. The normalized spacial score (nSPS) is 19.4. The highest BCUT2D eigenvalue weighted by Gasteiger charge is 2.14. The molecule has 0 heterocycles. The Kier molecular flexibility index (Phi) is 3.62. The SMILES string of the molecule is O=Cc1cccc(Cl)c1OC1C=CCCC1. The van der Waals surface area contributed by atoms with E-state index in [1.54, 1.807) is 18.2 Å². The Morgan fingerprint density at radius 2 is 2.31 bits per heavy atom. The molecule has 0 aliphatic heterocycles. The van der Waals surface area contributed by atoms with Gasteiger partial charge in [0.25, 0.3) is 0 Å². The van der Waals surface area contributed by atoms with Crippen molar-refractivity contribution in [1.29, 1.82) is 0 Å². The van der Waals surface area contributed by atoms with Crippen LogP contribution in [0.15, 0.2) is 30.4 Å². The second kappa shape index (κ2) is 5.17. The largest absolute Gasteiger partial charge is 0.484 e. The molecule has 2 rings (SSSR count). The number of rotatable bonds is 3. The Morgan fingerprint density at radius 3 is 3.00 bits per heavy atom. The van der Waals surface area contributed by atoms with E-state index < -0.39 is 0 Å². The fraction of sp³-hybridized carbons (Fsp3) is 0.308. The molecule has 0 bridgehead atoms. The van der Waals surface area contributed by atoms with E-state index in [4.69, 9.17) is 16.3 Å². The summed E-state index contributed by atoms with van der Waals surface area (Å²) in [6.45, 7) is 0. The molecule has 0 N–H and O–H groups in total. The van der Waals surface area contributed by atoms with Gasteiger partial charge >= 0.3 is 0 Å². The average Bonchev–Trinajstić information content (AvgIpc) is 2.33.